The van der Waals surface area contributed by atoms with Gasteiger partial charge in [-0.1, -0.05) is 18.2 Å². The Morgan fingerprint density at radius 1 is 1.21 bits per heavy atom. The van der Waals surface area contributed by atoms with Crippen LogP contribution < -0.4 is 24.7 Å². The average molecular weight is 388 g/mol. The summed E-state index contributed by atoms with van der Waals surface area (Å²) in [7, 11) is 1.59. The van der Waals surface area contributed by atoms with Crippen LogP contribution in [0, 0.1) is 11.3 Å². The van der Waals surface area contributed by atoms with Crippen LogP contribution in [0.3, 0.4) is 0 Å². The van der Waals surface area contributed by atoms with E-state index in [1.54, 1.807) is 7.11 Å². The number of methoxy groups -OCH3 is 1. The van der Waals surface area contributed by atoms with Gasteiger partial charge in [-0.3, -0.25) is 5.10 Å². The number of nitrogens with zero attached hydrogens (tertiary/aromatic N) is 2. The Morgan fingerprint density at radius 2 is 2.03 bits per heavy atom. The molecule has 144 valence electrons. The highest BCUT2D eigenvalue weighted by atomic mass is 16.7. The van der Waals surface area contributed by atoms with Crippen molar-refractivity contribution in [2.75, 3.05) is 13.9 Å². The fraction of sp³-hybridized carbons (Fsp3) is 0.143. The van der Waals surface area contributed by atoms with E-state index in [0.29, 0.717) is 40.0 Å². The molecule has 0 bridgehead atoms. The van der Waals surface area contributed by atoms with Gasteiger partial charge in [0.25, 0.3) is 0 Å². The number of aromatic amines is 1. The predicted octanol–water partition coefficient (Wildman–Crippen LogP) is 3.03. The molecule has 0 radical (unpaired) electrons. The van der Waals surface area contributed by atoms with Crippen molar-refractivity contribution in [3.05, 3.63) is 65.0 Å². The van der Waals surface area contributed by atoms with Gasteiger partial charge in [0.05, 0.1) is 24.3 Å². The first-order valence-corrected chi connectivity index (χ1v) is 8.90. The number of H-pyrrole nitrogens is 1. The van der Waals surface area contributed by atoms with Gasteiger partial charge in [0.2, 0.25) is 18.6 Å². The predicted molar refractivity (Wildman–Crippen MR) is 102 cm³/mol. The summed E-state index contributed by atoms with van der Waals surface area (Å²) in [5.74, 6) is 1.82. The summed E-state index contributed by atoms with van der Waals surface area (Å²) in [6.07, 6.45) is 0. The molecule has 2 aromatic carbocycles. The molecule has 5 rings (SSSR count). The number of rotatable bonds is 3. The number of allylic oxidation sites excluding steroid dienone is 1. The van der Waals surface area contributed by atoms with Crippen LogP contribution in [0.15, 0.2) is 53.9 Å². The lowest BCUT2D eigenvalue weighted by Crippen LogP contribution is -2.21. The summed E-state index contributed by atoms with van der Waals surface area (Å²) in [6, 6.07) is 15.3. The van der Waals surface area contributed by atoms with Crippen molar-refractivity contribution in [2.24, 2.45) is 5.73 Å². The number of nitrogens with two attached hydrogens (primary N) is 1. The van der Waals surface area contributed by atoms with Crippen LogP contribution >= 0.6 is 0 Å². The van der Waals surface area contributed by atoms with Gasteiger partial charge in [-0.2, -0.15) is 5.26 Å². The third-order valence-corrected chi connectivity index (χ3v) is 5.05. The summed E-state index contributed by atoms with van der Waals surface area (Å²) in [4.78, 5) is 0. The zero-order chi connectivity index (χ0) is 20.0. The van der Waals surface area contributed by atoms with Crippen molar-refractivity contribution < 1.29 is 18.9 Å². The Balaban J connectivity index is 1.73. The van der Waals surface area contributed by atoms with Crippen LogP contribution in [0.4, 0.5) is 0 Å². The SMILES string of the molecule is COc1ccccc1C1C(C#N)=C(N)Oc2n[nH]c(-c3ccc4c(c3)OCO4)c21. The Morgan fingerprint density at radius 3 is 2.86 bits per heavy atom. The minimum atomic E-state index is -0.501. The first-order valence-electron chi connectivity index (χ1n) is 8.90. The number of nitriles is 1. The van der Waals surface area contributed by atoms with Crippen LogP contribution in [0.5, 0.6) is 23.1 Å². The van der Waals surface area contributed by atoms with Crippen LogP contribution in [-0.4, -0.2) is 24.1 Å². The highest BCUT2D eigenvalue weighted by Crippen LogP contribution is 2.48. The largest absolute Gasteiger partial charge is 0.496 e. The van der Waals surface area contributed by atoms with Gasteiger partial charge in [-0.05, 0) is 24.3 Å². The third-order valence-electron chi connectivity index (χ3n) is 5.05. The standard InChI is InChI=1S/C21H16N4O4/c1-26-14-5-3-2-4-12(14)17-13(9-22)20(23)29-21-18(17)19(24-25-21)11-6-7-15-16(8-11)28-10-27-15/h2-8,17H,10,23H2,1H3,(H,24,25). The Bertz CT molecular complexity index is 1190. The van der Waals surface area contributed by atoms with E-state index in [1.807, 2.05) is 42.5 Å². The second kappa shape index (κ2) is 6.49. The molecule has 29 heavy (non-hydrogen) atoms. The van der Waals surface area contributed by atoms with Crippen molar-refractivity contribution in [3.63, 3.8) is 0 Å². The molecule has 8 heteroatoms. The molecule has 8 nitrogen and oxygen atoms in total. The maximum Gasteiger partial charge on any atom is 0.244 e. The fourth-order valence-corrected chi connectivity index (χ4v) is 3.73. The van der Waals surface area contributed by atoms with Crippen LogP contribution in [-0.2, 0) is 0 Å². The highest BCUT2D eigenvalue weighted by molar-refractivity contribution is 5.73. The summed E-state index contributed by atoms with van der Waals surface area (Å²) in [5, 5.41) is 17.1. The molecule has 1 aromatic heterocycles. The van der Waals surface area contributed by atoms with Crippen LogP contribution in [0.2, 0.25) is 0 Å². The van der Waals surface area contributed by atoms with Crippen molar-refractivity contribution in [1.82, 2.24) is 10.2 Å². The maximum atomic E-state index is 9.83. The van der Waals surface area contributed by atoms with Gasteiger partial charge >= 0.3 is 0 Å². The number of ether oxygens (including phenoxy) is 4. The lowest BCUT2D eigenvalue weighted by atomic mass is 9.82. The minimum Gasteiger partial charge on any atom is -0.496 e. The molecule has 3 heterocycles. The first kappa shape index (κ1) is 17.0. The van der Waals surface area contributed by atoms with Crippen molar-refractivity contribution in [3.8, 4) is 40.5 Å². The van der Waals surface area contributed by atoms with E-state index in [1.165, 1.54) is 0 Å². The number of nitrogens with one attached hydrogen (secondary N) is 1. The van der Waals surface area contributed by atoms with Crippen molar-refractivity contribution >= 4 is 0 Å². The van der Waals surface area contributed by atoms with E-state index in [0.717, 1.165) is 11.1 Å². The van der Waals surface area contributed by atoms with Crippen molar-refractivity contribution in [1.29, 1.82) is 5.26 Å². The Hall–Kier alpha value is -4.12. The second-order valence-corrected chi connectivity index (χ2v) is 6.55. The average Bonchev–Trinajstić information content (AvgIpc) is 3.38. The lowest BCUT2D eigenvalue weighted by molar-refractivity contribution is 0.174. The number of hydrogen-bond donors (Lipinski definition) is 2. The third kappa shape index (κ3) is 2.56. The molecule has 3 aromatic rings. The summed E-state index contributed by atoms with van der Waals surface area (Å²) >= 11 is 0. The zero-order valence-corrected chi connectivity index (χ0v) is 15.4. The summed E-state index contributed by atoms with van der Waals surface area (Å²) in [6.45, 7) is 0.185. The molecule has 1 atom stereocenters. The molecular formula is C21H16N4O4. The van der Waals surface area contributed by atoms with Gasteiger partial charge in [0.1, 0.15) is 17.4 Å². The number of benzene rings is 2. The molecule has 0 aliphatic carbocycles. The van der Waals surface area contributed by atoms with Gasteiger partial charge < -0.3 is 24.7 Å². The van der Waals surface area contributed by atoms with E-state index >= 15 is 0 Å². The molecule has 1 unspecified atom stereocenters. The Labute approximate surface area is 166 Å². The van der Waals surface area contributed by atoms with E-state index in [2.05, 4.69) is 16.3 Å². The molecule has 2 aliphatic rings. The zero-order valence-electron chi connectivity index (χ0n) is 15.4. The van der Waals surface area contributed by atoms with Gasteiger partial charge in [0, 0.05) is 11.1 Å². The molecular weight excluding hydrogens is 372 g/mol. The normalized spacial score (nSPS) is 16.8. The van der Waals surface area contributed by atoms with Crippen LogP contribution in [0.1, 0.15) is 17.0 Å². The monoisotopic (exact) mass is 388 g/mol. The highest BCUT2D eigenvalue weighted by Gasteiger charge is 2.37. The lowest BCUT2D eigenvalue weighted by Gasteiger charge is -2.25. The molecule has 0 amide bonds. The van der Waals surface area contributed by atoms with Crippen molar-refractivity contribution in [2.45, 2.75) is 5.92 Å². The van der Waals surface area contributed by atoms with Gasteiger partial charge in [-0.25, -0.2) is 0 Å². The molecule has 0 spiro atoms. The second-order valence-electron chi connectivity index (χ2n) is 6.55. The van der Waals surface area contributed by atoms with Crippen LogP contribution in [0.25, 0.3) is 11.3 Å². The summed E-state index contributed by atoms with van der Waals surface area (Å²) < 4.78 is 22.1. The number of para-hydroxylation sites is 1. The molecule has 2 aliphatic heterocycles. The van der Waals surface area contributed by atoms with Gasteiger partial charge in [-0.15, -0.1) is 5.10 Å². The van der Waals surface area contributed by atoms with E-state index in [9.17, 15) is 5.26 Å². The van der Waals surface area contributed by atoms with E-state index < -0.39 is 5.92 Å². The van der Waals surface area contributed by atoms with E-state index in [4.69, 9.17) is 24.7 Å². The van der Waals surface area contributed by atoms with Gasteiger partial charge in [0.15, 0.2) is 11.5 Å². The molecule has 0 saturated heterocycles. The Kier molecular flexibility index (Phi) is 3.81. The maximum absolute atomic E-state index is 9.83. The molecule has 0 saturated carbocycles. The topological polar surface area (TPSA) is 115 Å². The van der Waals surface area contributed by atoms with E-state index in [-0.39, 0.29) is 12.7 Å². The molecule has 3 N–H and O–H groups in total. The fourth-order valence-electron chi connectivity index (χ4n) is 3.73. The number of fused-ring (bicyclic) bond motifs is 2. The minimum absolute atomic E-state index is 0.0274. The molecule has 0 fully saturated rings. The summed E-state index contributed by atoms with van der Waals surface area (Å²) in [5.41, 5.74) is 9.37. The first-order chi connectivity index (χ1) is 14.2. The smallest absolute Gasteiger partial charge is 0.244 e. The number of aromatic nitrogens is 2. The number of hydrogen-bond acceptors (Lipinski definition) is 7. The quantitative estimate of drug-likeness (QED) is 0.708.